The molecule has 0 spiro atoms. The Hall–Kier alpha value is -2.67. The van der Waals surface area contributed by atoms with Crippen LogP contribution in [0, 0.1) is 5.82 Å². The molecule has 0 bridgehead atoms. The van der Waals surface area contributed by atoms with Gasteiger partial charge < -0.3 is 20.1 Å². The highest BCUT2D eigenvalue weighted by molar-refractivity contribution is 6.09. The summed E-state index contributed by atoms with van der Waals surface area (Å²) in [4.78, 5) is 18.3. The first-order valence-corrected chi connectivity index (χ1v) is 8.72. The Kier molecular flexibility index (Phi) is 4.24. The van der Waals surface area contributed by atoms with Crippen molar-refractivity contribution in [2.45, 2.75) is 37.8 Å². The number of anilines is 2. The molecule has 2 N–H and O–H groups in total. The second-order valence-electron chi connectivity index (χ2n) is 6.77. The number of nitrogens with zero attached hydrogens (tertiary/aromatic N) is 2. The Labute approximate surface area is 150 Å². The Morgan fingerprint density at radius 1 is 1.27 bits per heavy atom. The molecule has 1 amide bonds. The third-order valence-electron chi connectivity index (χ3n) is 4.97. The van der Waals surface area contributed by atoms with Crippen LogP contribution < -0.4 is 15.0 Å². The van der Waals surface area contributed by atoms with Crippen LogP contribution >= 0.6 is 0 Å². The number of hydrogen-bond donors (Lipinski definition) is 2. The van der Waals surface area contributed by atoms with Crippen molar-refractivity contribution in [3.63, 3.8) is 0 Å². The number of carbonyl (C=O) groups excluding carboxylic acids is 1. The first-order chi connectivity index (χ1) is 12.5. The summed E-state index contributed by atoms with van der Waals surface area (Å²) in [5.74, 6) is 0.183. The minimum Gasteiger partial charge on any atom is -0.454 e. The molecule has 26 heavy (non-hydrogen) atoms. The summed E-state index contributed by atoms with van der Waals surface area (Å²) in [6, 6.07) is 6.30. The van der Waals surface area contributed by atoms with E-state index in [1.165, 1.54) is 17.0 Å². The number of fused-ring (bicyclic) bond motifs is 2. The molecule has 0 unspecified atom stereocenters. The van der Waals surface area contributed by atoms with Crippen LogP contribution in [-0.4, -0.2) is 35.2 Å². The zero-order valence-corrected chi connectivity index (χ0v) is 14.4. The highest BCUT2D eigenvalue weighted by Crippen LogP contribution is 2.40. The van der Waals surface area contributed by atoms with Gasteiger partial charge in [-0.1, -0.05) is 6.07 Å². The van der Waals surface area contributed by atoms with Gasteiger partial charge >= 0.3 is 0 Å². The maximum Gasteiger partial charge on any atom is 0.264 e. The minimum absolute atomic E-state index is 0.0815. The zero-order valence-electron chi connectivity index (χ0n) is 14.4. The monoisotopic (exact) mass is 357 g/mol. The third-order valence-corrected chi connectivity index (χ3v) is 4.97. The molecule has 1 aliphatic heterocycles. The lowest BCUT2D eigenvalue weighted by atomic mass is 9.93. The Morgan fingerprint density at radius 3 is 2.81 bits per heavy atom. The SMILES string of the molecule is CN1C(=O)c2c(F)cccc2Oc2cc(NC3CCC(O)CC3)ncc21. The Bertz CT molecular complexity index is 850. The molecule has 4 rings (SSSR count). The number of amides is 1. The van der Waals surface area contributed by atoms with Crippen LogP contribution in [0.15, 0.2) is 30.5 Å². The number of aromatic nitrogens is 1. The van der Waals surface area contributed by atoms with Crippen molar-refractivity contribution in [2.75, 3.05) is 17.3 Å². The molecular weight excluding hydrogens is 337 g/mol. The van der Waals surface area contributed by atoms with E-state index in [-0.39, 0.29) is 23.5 Å². The summed E-state index contributed by atoms with van der Waals surface area (Å²) < 4.78 is 20.0. The first-order valence-electron chi connectivity index (χ1n) is 8.72. The van der Waals surface area contributed by atoms with Gasteiger partial charge in [0, 0.05) is 19.2 Å². The van der Waals surface area contributed by atoms with Gasteiger partial charge in [0.1, 0.15) is 28.6 Å². The van der Waals surface area contributed by atoms with Gasteiger partial charge in [-0.15, -0.1) is 0 Å². The van der Waals surface area contributed by atoms with E-state index in [0.29, 0.717) is 17.3 Å². The molecule has 1 aromatic heterocycles. The van der Waals surface area contributed by atoms with Crippen molar-refractivity contribution in [2.24, 2.45) is 0 Å². The summed E-state index contributed by atoms with van der Waals surface area (Å²) in [5.41, 5.74) is 0.400. The van der Waals surface area contributed by atoms with E-state index in [1.807, 2.05) is 0 Å². The third kappa shape index (κ3) is 2.99. The molecule has 1 aliphatic carbocycles. The number of rotatable bonds is 2. The smallest absolute Gasteiger partial charge is 0.264 e. The van der Waals surface area contributed by atoms with Gasteiger partial charge in [0.15, 0.2) is 5.75 Å². The minimum atomic E-state index is -0.612. The number of carbonyl (C=O) groups is 1. The van der Waals surface area contributed by atoms with Gasteiger partial charge in [0.05, 0.1) is 12.3 Å². The maximum absolute atomic E-state index is 14.1. The Morgan fingerprint density at radius 2 is 2.04 bits per heavy atom. The van der Waals surface area contributed by atoms with Gasteiger partial charge in [-0.05, 0) is 37.8 Å². The van der Waals surface area contributed by atoms with Crippen LogP contribution in [0.5, 0.6) is 11.5 Å². The van der Waals surface area contributed by atoms with Crippen LogP contribution in [-0.2, 0) is 0 Å². The van der Waals surface area contributed by atoms with Crippen molar-refractivity contribution in [3.05, 3.63) is 41.8 Å². The molecule has 136 valence electrons. The van der Waals surface area contributed by atoms with E-state index in [4.69, 9.17) is 4.74 Å². The van der Waals surface area contributed by atoms with E-state index < -0.39 is 11.7 Å². The summed E-state index contributed by atoms with van der Waals surface area (Å²) in [5, 5.41) is 13.0. The lowest BCUT2D eigenvalue weighted by Crippen LogP contribution is -2.28. The number of ether oxygens (including phenoxy) is 1. The quantitative estimate of drug-likeness (QED) is 0.862. The van der Waals surface area contributed by atoms with Crippen molar-refractivity contribution < 1.29 is 19.0 Å². The largest absolute Gasteiger partial charge is 0.454 e. The second-order valence-corrected chi connectivity index (χ2v) is 6.77. The summed E-state index contributed by atoms with van der Waals surface area (Å²) in [6.45, 7) is 0. The molecule has 2 aromatic rings. The van der Waals surface area contributed by atoms with E-state index in [1.54, 1.807) is 25.4 Å². The molecule has 0 radical (unpaired) electrons. The summed E-state index contributed by atoms with van der Waals surface area (Å²) >= 11 is 0. The number of nitrogens with one attached hydrogen (secondary N) is 1. The summed E-state index contributed by atoms with van der Waals surface area (Å²) in [7, 11) is 1.57. The van der Waals surface area contributed by atoms with Crippen LogP contribution in [0.4, 0.5) is 15.9 Å². The van der Waals surface area contributed by atoms with Crippen molar-refractivity contribution >= 4 is 17.4 Å². The first kappa shape index (κ1) is 16.8. The van der Waals surface area contributed by atoms with Crippen molar-refractivity contribution in [3.8, 4) is 11.5 Å². The summed E-state index contributed by atoms with van der Waals surface area (Å²) in [6.07, 6.45) is 4.60. The number of aliphatic hydroxyl groups is 1. The van der Waals surface area contributed by atoms with Crippen LogP contribution in [0.25, 0.3) is 0 Å². The molecule has 2 aliphatic rings. The van der Waals surface area contributed by atoms with Crippen LogP contribution in [0.1, 0.15) is 36.0 Å². The average Bonchev–Trinajstić information content (AvgIpc) is 2.73. The average molecular weight is 357 g/mol. The van der Waals surface area contributed by atoms with Crippen molar-refractivity contribution in [1.82, 2.24) is 4.98 Å². The number of halogens is 1. The van der Waals surface area contributed by atoms with Gasteiger partial charge in [0.25, 0.3) is 5.91 Å². The van der Waals surface area contributed by atoms with E-state index in [9.17, 15) is 14.3 Å². The maximum atomic E-state index is 14.1. The van der Waals surface area contributed by atoms with Gasteiger partial charge in [0.2, 0.25) is 0 Å². The van der Waals surface area contributed by atoms with E-state index in [2.05, 4.69) is 10.3 Å². The molecule has 0 atom stereocenters. The molecule has 1 saturated carbocycles. The molecule has 2 heterocycles. The highest BCUT2D eigenvalue weighted by Gasteiger charge is 2.29. The normalized spacial score (nSPS) is 22.1. The number of hydrogen-bond acceptors (Lipinski definition) is 5. The lowest BCUT2D eigenvalue weighted by Gasteiger charge is -2.27. The van der Waals surface area contributed by atoms with Crippen LogP contribution in [0.3, 0.4) is 0 Å². The van der Waals surface area contributed by atoms with E-state index in [0.717, 1.165) is 25.7 Å². The fraction of sp³-hybridized carbons (Fsp3) is 0.368. The molecule has 6 nitrogen and oxygen atoms in total. The predicted molar refractivity (Wildman–Crippen MR) is 95.3 cm³/mol. The second kappa shape index (κ2) is 6.57. The van der Waals surface area contributed by atoms with Gasteiger partial charge in [-0.25, -0.2) is 9.37 Å². The molecule has 1 aromatic carbocycles. The van der Waals surface area contributed by atoms with Gasteiger partial charge in [-0.2, -0.15) is 0 Å². The van der Waals surface area contributed by atoms with Crippen molar-refractivity contribution in [1.29, 1.82) is 0 Å². The van der Waals surface area contributed by atoms with Crippen LogP contribution in [0.2, 0.25) is 0 Å². The lowest BCUT2D eigenvalue weighted by molar-refractivity contribution is 0.0989. The topological polar surface area (TPSA) is 74.7 Å². The van der Waals surface area contributed by atoms with Gasteiger partial charge in [-0.3, -0.25) is 4.79 Å². The molecule has 0 saturated heterocycles. The number of pyridine rings is 1. The fourth-order valence-electron chi connectivity index (χ4n) is 3.46. The number of benzene rings is 1. The molecule has 1 fully saturated rings. The zero-order chi connectivity index (χ0) is 18.3. The highest BCUT2D eigenvalue weighted by atomic mass is 19.1. The predicted octanol–water partition coefficient (Wildman–Crippen LogP) is 3.32. The fourth-order valence-corrected chi connectivity index (χ4v) is 3.46. The number of aliphatic hydroxyl groups excluding tert-OH is 1. The standard InChI is InChI=1S/C19H20FN3O3/c1-23-14-10-21-17(22-11-5-7-12(24)8-6-11)9-16(14)26-15-4-2-3-13(20)18(15)19(23)25/h2-4,9-12,24H,5-8H2,1H3,(H,21,22). The molecule has 7 heteroatoms. The molecular formula is C19H20FN3O3. The van der Waals surface area contributed by atoms with E-state index >= 15 is 0 Å². The Balaban J connectivity index is 1.65.